The number of anilines is 1. The largest absolute Gasteiger partial charge is 0.346 e. The maximum atomic E-state index is 4.76. The summed E-state index contributed by atoms with van der Waals surface area (Å²) in [5.41, 5.74) is 1.18. The maximum Gasteiger partial charge on any atom is 0.185 e. The molecule has 0 aromatic carbocycles. The van der Waals surface area contributed by atoms with E-state index in [0.29, 0.717) is 6.04 Å². The molecular formula is C14H26N4S. The van der Waals surface area contributed by atoms with Gasteiger partial charge in [-0.05, 0) is 33.9 Å². The van der Waals surface area contributed by atoms with E-state index < -0.39 is 0 Å². The molecule has 0 amide bonds. The van der Waals surface area contributed by atoms with Crippen LogP contribution in [-0.2, 0) is 0 Å². The van der Waals surface area contributed by atoms with Crippen molar-refractivity contribution in [3.8, 4) is 0 Å². The predicted octanol–water partition coefficient (Wildman–Crippen LogP) is 2.26. The van der Waals surface area contributed by atoms with Crippen LogP contribution in [0.25, 0.3) is 0 Å². The Bertz CT molecular complexity index is 396. The highest BCUT2D eigenvalue weighted by molar-refractivity contribution is 7.15. The molecule has 0 aliphatic carbocycles. The van der Waals surface area contributed by atoms with E-state index in [1.807, 2.05) is 18.4 Å². The van der Waals surface area contributed by atoms with Gasteiger partial charge in [-0.1, -0.05) is 6.92 Å². The van der Waals surface area contributed by atoms with Crippen molar-refractivity contribution in [1.82, 2.24) is 15.2 Å². The van der Waals surface area contributed by atoms with E-state index in [9.17, 15) is 0 Å². The summed E-state index contributed by atoms with van der Waals surface area (Å²) >= 11 is 1.85. The molecule has 0 saturated carbocycles. The number of nitrogens with zero attached hydrogens (tertiary/aromatic N) is 3. The van der Waals surface area contributed by atoms with E-state index in [0.717, 1.165) is 13.1 Å². The van der Waals surface area contributed by atoms with Crippen LogP contribution in [0, 0.1) is 6.92 Å². The van der Waals surface area contributed by atoms with Crippen molar-refractivity contribution in [2.45, 2.75) is 33.2 Å². The van der Waals surface area contributed by atoms with Gasteiger partial charge in [0.25, 0.3) is 0 Å². The van der Waals surface area contributed by atoms with Crippen LogP contribution in [0.1, 0.15) is 36.9 Å². The molecule has 0 bridgehead atoms. The summed E-state index contributed by atoms with van der Waals surface area (Å²) < 4.78 is 0. The molecule has 108 valence electrons. The fourth-order valence-electron chi connectivity index (χ4n) is 2.54. The van der Waals surface area contributed by atoms with Crippen molar-refractivity contribution in [1.29, 1.82) is 0 Å². The summed E-state index contributed by atoms with van der Waals surface area (Å²) in [4.78, 5) is 11.1. The van der Waals surface area contributed by atoms with Crippen molar-refractivity contribution in [3.63, 3.8) is 0 Å². The minimum atomic E-state index is 0.396. The Morgan fingerprint density at radius 2 is 2.00 bits per heavy atom. The van der Waals surface area contributed by atoms with Gasteiger partial charge >= 0.3 is 0 Å². The lowest BCUT2D eigenvalue weighted by molar-refractivity contribution is 0.258. The first-order valence-electron chi connectivity index (χ1n) is 7.27. The van der Waals surface area contributed by atoms with Gasteiger partial charge in [0.1, 0.15) is 0 Å². The molecule has 19 heavy (non-hydrogen) atoms. The SMILES string of the molecule is CCCN1CCN(c2nc(C)c(C(C)NC)s2)CC1. The molecule has 1 saturated heterocycles. The van der Waals surface area contributed by atoms with E-state index >= 15 is 0 Å². The molecule has 0 radical (unpaired) electrons. The molecule has 1 aliphatic rings. The summed E-state index contributed by atoms with van der Waals surface area (Å²) in [6, 6.07) is 0.396. The zero-order valence-corrected chi connectivity index (χ0v) is 13.4. The second-order valence-corrected chi connectivity index (χ2v) is 6.29. The fraction of sp³-hybridized carbons (Fsp3) is 0.786. The molecule has 0 spiro atoms. The second-order valence-electron chi connectivity index (χ2n) is 5.29. The normalized spacial score (nSPS) is 18.8. The van der Waals surface area contributed by atoms with Crippen LogP contribution in [-0.4, -0.2) is 49.7 Å². The highest BCUT2D eigenvalue weighted by Gasteiger charge is 2.21. The van der Waals surface area contributed by atoms with E-state index in [-0.39, 0.29) is 0 Å². The standard InChI is InChI=1S/C14H26N4S/c1-5-6-17-7-9-18(10-8-17)14-16-12(3)13(19-14)11(2)15-4/h11,15H,5-10H2,1-4H3. The highest BCUT2D eigenvalue weighted by Crippen LogP contribution is 2.30. The van der Waals surface area contributed by atoms with Gasteiger partial charge in [0.15, 0.2) is 5.13 Å². The smallest absolute Gasteiger partial charge is 0.185 e. The summed E-state index contributed by atoms with van der Waals surface area (Å²) in [7, 11) is 2.01. The minimum absolute atomic E-state index is 0.396. The third-order valence-corrected chi connectivity index (χ3v) is 5.23. The molecule has 2 rings (SSSR count). The predicted molar refractivity (Wildman–Crippen MR) is 83.3 cm³/mol. The van der Waals surface area contributed by atoms with Crippen molar-refractivity contribution < 1.29 is 0 Å². The Labute approximate surface area is 120 Å². The number of piperazine rings is 1. The monoisotopic (exact) mass is 282 g/mol. The Balaban J connectivity index is 2.00. The summed E-state index contributed by atoms with van der Waals surface area (Å²) in [5.74, 6) is 0. The molecule has 1 aromatic heterocycles. The third kappa shape index (κ3) is 3.46. The molecule has 1 fully saturated rings. The Morgan fingerprint density at radius 3 is 2.58 bits per heavy atom. The number of thiazole rings is 1. The average Bonchev–Trinajstić information content (AvgIpc) is 2.81. The molecule has 5 heteroatoms. The van der Waals surface area contributed by atoms with Gasteiger partial charge in [0, 0.05) is 37.1 Å². The first-order chi connectivity index (χ1) is 9.15. The molecule has 4 nitrogen and oxygen atoms in total. The quantitative estimate of drug-likeness (QED) is 0.897. The van der Waals surface area contributed by atoms with Crippen molar-refractivity contribution >= 4 is 16.5 Å². The number of hydrogen-bond donors (Lipinski definition) is 1. The number of rotatable bonds is 5. The first kappa shape index (κ1) is 14.8. The molecular weight excluding hydrogens is 256 g/mol. The van der Waals surface area contributed by atoms with Crippen LogP contribution in [0.2, 0.25) is 0 Å². The maximum absolute atomic E-state index is 4.76. The number of hydrogen-bond acceptors (Lipinski definition) is 5. The van der Waals surface area contributed by atoms with Crippen molar-refractivity contribution in [2.75, 3.05) is 44.7 Å². The van der Waals surface area contributed by atoms with E-state index in [4.69, 9.17) is 4.98 Å². The van der Waals surface area contributed by atoms with Crippen LogP contribution in [0.4, 0.5) is 5.13 Å². The van der Waals surface area contributed by atoms with E-state index in [2.05, 4.69) is 35.9 Å². The number of aromatic nitrogens is 1. The van der Waals surface area contributed by atoms with Crippen LogP contribution in [0.3, 0.4) is 0 Å². The average molecular weight is 282 g/mol. The van der Waals surface area contributed by atoms with Gasteiger partial charge in [-0.25, -0.2) is 4.98 Å². The van der Waals surface area contributed by atoms with E-state index in [1.54, 1.807) is 0 Å². The molecule has 1 aliphatic heterocycles. The third-order valence-electron chi connectivity index (χ3n) is 3.83. The molecule has 1 N–H and O–H groups in total. The van der Waals surface area contributed by atoms with Crippen molar-refractivity contribution in [3.05, 3.63) is 10.6 Å². The fourth-order valence-corrected chi connectivity index (χ4v) is 3.72. The highest BCUT2D eigenvalue weighted by atomic mass is 32.1. The molecule has 2 heterocycles. The summed E-state index contributed by atoms with van der Waals surface area (Å²) in [5, 5.41) is 4.51. The first-order valence-corrected chi connectivity index (χ1v) is 8.09. The molecule has 1 aromatic rings. The molecule has 1 unspecified atom stereocenters. The molecule has 1 atom stereocenters. The van der Waals surface area contributed by atoms with Gasteiger partial charge in [-0.3, -0.25) is 4.90 Å². The van der Waals surface area contributed by atoms with Gasteiger partial charge < -0.3 is 10.2 Å². The van der Waals surface area contributed by atoms with Crippen molar-refractivity contribution in [2.24, 2.45) is 0 Å². The Morgan fingerprint density at radius 1 is 1.32 bits per heavy atom. The summed E-state index contributed by atoms with van der Waals surface area (Å²) in [6.45, 7) is 12.4. The summed E-state index contributed by atoms with van der Waals surface area (Å²) in [6.07, 6.45) is 1.25. The van der Waals surface area contributed by atoms with Gasteiger partial charge in [0.2, 0.25) is 0 Å². The van der Waals surface area contributed by atoms with E-state index in [1.165, 1.54) is 41.8 Å². The van der Waals surface area contributed by atoms with Crippen LogP contribution in [0.15, 0.2) is 0 Å². The lowest BCUT2D eigenvalue weighted by atomic mass is 10.2. The minimum Gasteiger partial charge on any atom is -0.346 e. The zero-order valence-electron chi connectivity index (χ0n) is 12.6. The second kappa shape index (κ2) is 6.68. The number of nitrogens with one attached hydrogen (secondary N) is 1. The van der Waals surface area contributed by atoms with Crippen LogP contribution >= 0.6 is 11.3 Å². The van der Waals surface area contributed by atoms with Crippen LogP contribution in [0.5, 0.6) is 0 Å². The topological polar surface area (TPSA) is 31.4 Å². The zero-order chi connectivity index (χ0) is 13.8. The lowest BCUT2D eigenvalue weighted by Crippen LogP contribution is -2.46. The Hall–Kier alpha value is -0.650. The van der Waals surface area contributed by atoms with Gasteiger partial charge in [-0.15, -0.1) is 11.3 Å². The van der Waals surface area contributed by atoms with Crippen LogP contribution < -0.4 is 10.2 Å². The lowest BCUT2D eigenvalue weighted by Gasteiger charge is -2.34. The van der Waals surface area contributed by atoms with Gasteiger partial charge in [-0.2, -0.15) is 0 Å². The Kier molecular flexibility index (Phi) is 5.19. The number of aryl methyl sites for hydroxylation is 1. The van der Waals surface area contributed by atoms with Gasteiger partial charge in [0.05, 0.1) is 5.69 Å².